The third kappa shape index (κ3) is 4.20. The summed E-state index contributed by atoms with van der Waals surface area (Å²) in [5, 5.41) is 4.19. The summed E-state index contributed by atoms with van der Waals surface area (Å²) in [7, 11) is 0. The monoisotopic (exact) mass is 437 g/mol. The van der Waals surface area contributed by atoms with Gasteiger partial charge < -0.3 is 11.1 Å². The van der Waals surface area contributed by atoms with Gasteiger partial charge in [-0.25, -0.2) is 0 Å². The van der Waals surface area contributed by atoms with E-state index in [2.05, 4.69) is 88.4 Å². The molecule has 5 heteroatoms. The predicted octanol–water partition coefficient (Wildman–Crippen LogP) is 4.57. The SMILES string of the molecule is CC1(c2cccc(NCc3ccc(I)cc3)c2)CCSC(N)=N1. The van der Waals surface area contributed by atoms with Gasteiger partial charge in [0.2, 0.25) is 0 Å². The Bertz CT molecular complexity index is 714. The van der Waals surface area contributed by atoms with E-state index in [0.29, 0.717) is 5.17 Å². The van der Waals surface area contributed by atoms with E-state index in [1.54, 1.807) is 11.8 Å². The van der Waals surface area contributed by atoms with Crippen molar-refractivity contribution in [2.24, 2.45) is 10.7 Å². The summed E-state index contributed by atoms with van der Waals surface area (Å²) < 4.78 is 1.26. The van der Waals surface area contributed by atoms with E-state index < -0.39 is 0 Å². The standard InChI is InChI=1S/C18H20IN3S/c1-18(9-10-23-17(20)22-18)14-3-2-4-16(11-14)21-12-13-5-7-15(19)8-6-13/h2-8,11,21H,9-10,12H2,1H3,(H2,20,22). The molecule has 1 atom stereocenters. The molecule has 0 saturated heterocycles. The lowest BCUT2D eigenvalue weighted by Gasteiger charge is -2.30. The molecule has 1 aliphatic heterocycles. The van der Waals surface area contributed by atoms with Crippen LogP contribution in [0, 0.1) is 3.57 Å². The fourth-order valence-corrected chi connectivity index (χ4v) is 4.00. The highest BCUT2D eigenvalue weighted by Crippen LogP contribution is 2.35. The van der Waals surface area contributed by atoms with Crippen LogP contribution in [0.3, 0.4) is 0 Å². The van der Waals surface area contributed by atoms with E-state index >= 15 is 0 Å². The molecule has 0 spiro atoms. The van der Waals surface area contributed by atoms with Crippen molar-refractivity contribution in [1.29, 1.82) is 0 Å². The van der Waals surface area contributed by atoms with Gasteiger partial charge in [-0.3, -0.25) is 4.99 Å². The van der Waals surface area contributed by atoms with Gasteiger partial charge in [0.25, 0.3) is 0 Å². The first kappa shape index (κ1) is 16.6. The zero-order valence-electron chi connectivity index (χ0n) is 13.1. The van der Waals surface area contributed by atoms with Crippen LogP contribution >= 0.6 is 34.4 Å². The maximum atomic E-state index is 5.93. The highest BCUT2D eigenvalue weighted by Gasteiger charge is 2.29. The lowest BCUT2D eigenvalue weighted by Crippen LogP contribution is -2.28. The number of aliphatic imine (C=N–C) groups is 1. The van der Waals surface area contributed by atoms with Crippen LogP contribution in [0.5, 0.6) is 0 Å². The lowest BCUT2D eigenvalue weighted by atomic mass is 9.89. The van der Waals surface area contributed by atoms with Gasteiger partial charge in [0, 0.05) is 21.6 Å². The molecule has 1 unspecified atom stereocenters. The summed E-state index contributed by atoms with van der Waals surface area (Å²) in [5.41, 5.74) is 9.33. The highest BCUT2D eigenvalue weighted by molar-refractivity contribution is 14.1. The number of amidine groups is 1. The van der Waals surface area contributed by atoms with Crippen molar-refractivity contribution in [1.82, 2.24) is 0 Å². The average molecular weight is 437 g/mol. The maximum absolute atomic E-state index is 5.93. The first-order valence-corrected chi connectivity index (χ1v) is 9.69. The Kier molecular flexibility index (Phi) is 5.16. The highest BCUT2D eigenvalue weighted by atomic mass is 127. The molecule has 3 nitrogen and oxygen atoms in total. The molecule has 0 saturated carbocycles. The van der Waals surface area contributed by atoms with Crippen molar-refractivity contribution in [2.75, 3.05) is 11.1 Å². The van der Waals surface area contributed by atoms with Gasteiger partial charge in [0.1, 0.15) is 0 Å². The minimum Gasteiger partial charge on any atom is -0.381 e. The van der Waals surface area contributed by atoms with Gasteiger partial charge in [-0.05, 0) is 71.3 Å². The molecule has 0 bridgehead atoms. The zero-order valence-corrected chi connectivity index (χ0v) is 16.0. The van der Waals surface area contributed by atoms with Crippen molar-refractivity contribution in [3.8, 4) is 0 Å². The molecular formula is C18H20IN3S. The number of thioether (sulfide) groups is 1. The van der Waals surface area contributed by atoms with Gasteiger partial charge in [0.05, 0.1) is 5.54 Å². The van der Waals surface area contributed by atoms with Gasteiger partial charge >= 0.3 is 0 Å². The Morgan fingerprint density at radius 1 is 1.26 bits per heavy atom. The molecule has 3 N–H and O–H groups in total. The predicted molar refractivity (Wildman–Crippen MR) is 109 cm³/mol. The van der Waals surface area contributed by atoms with E-state index in [1.165, 1.54) is 14.7 Å². The quantitative estimate of drug-likeness (QED) is 0.690. The molecule has 23 heavy (non-hydrogen) atoms. The van der Waals surface area contributed by atoms with Gasteiger partial charge in [-0.1, -0.05) is 36.0 Å². The summed E-state index contributed by atoms with van der Waals surface area (Å²) in [6, 6.07) is 17.1. The molecule has 0 aliphatic carbocycles. The fourth-order valence-electron chi connectivity index (χ4n) is 2.67. The van der Waals surface area contributed by atoms with Crippen LogP contribution in [0.4, 0.5) is 5.69 Å². The Morgan fingerprint density at radius 3 is 2.78 bits per heavy atom. The summed E-state index contributed by atoms with van der Waals surface area (Å²) in [5.74, 6) is 1.02. The van der Waals surface area contributed by atoms with Gasteiger partial charge in [-0.15, -0.1) is 0 Å². The second-order valence-electron chi connectivity index (χ2n) is 5.88. The van der Waals surface area contributed by atoms with Crippen LogP contribution in [-0.2, 0) is 12.1 Å². The summed E-state index contributed by atoms with van der Waals surface area (Å²) in [4.78, 5) is 4.68. The van der Waals surface area contributed by atoms with Crippen molar-refractivity contribution in [3.05, 3.63) is 63.2 Å². The summed E-state index contributed by atoms with van der Waals surface area (Å²) in [6.45, 7) is 2.98. The summed E-state index contributed by atoms with van der Waals surface area (Å²) in [6.07, 6.45) is 1.01. The third-order valence-electron chi connectivity index (χ3n) is 4.09. The number of halogens is 1. The second-order valence-corrected chi connectivity index (χ2v) is 8.24. The first-order chi connectivity index (χ1) is 11.0. The number of nitrogens with two attached hydrogens (primary N) is 1. The van der Waals surface area contributed by atoms with Gasteiger partial charge in [-0.2, -0.15) is 0 Å². The fraction of sp³-hybridized carbons (Fsp3) is 0.278. The van der Waals surface area contributed by atoms with Crippen molar-refractivity contribution in [3.63, 3.8) is 0 Å². The number of hydrogen-bond acceptors (Lipinski definition) is 4. The van der Waals surface area contributed by atoms with Crippen LogP contribution in [0.15, 0.2) is 53.5 Å². The van der Waals surface area contributed by atoms with Crippen molar-refractivity contribution >= 4 is 45.2 Å². The van der Waals surface area contributed by atoms with E-state index in [1.807, 2.05) is 0 Å². The van der Waals surface area contributed by atoms with Crippen LogP contribution in [0.2, 0.25) is 0 Å². The number of anilines is 1. The molecule has 1 heterocycles. The van der Waals surface area contributed by atoms with Crippen LogP contribution in [0.25, 0.3) is 0 Å². The van der Waals surface area contributed by atoms with E-state index in [9.17, 15) is 0 Å². The number of rotatable bonds is 4. The van der Waals surface area contributed by atoms with Crippen molar-refractivity contribution < 1.29 is 0 Å². The molecule has 1 aliphatic rings. The van der Waals surface area contributed by atoms with Crippen LogP contribution in [0.1, 0.15) is 24.5 Å². The largest absolute Gasteiger partial charge is 0.381 e. The average Bonchev–Trinajstić information content (AvgIpc) is 2.54. The number of nitrogens with zero attached hydrogens (tertiary/aromatic N) is 1. The van der Waals surface area contributed by atoms with E-state index in [-0.39, 0.29) is 5.54 Å². The molecule has 0 amide bonds. The minimum absolute atomic E-state index is 0.212. The number of nitrogens with one attached hydrogen (secondary N) is 1. The van der Waals surface area contributed by atoms with E-state index in [4.69, 9.17) is 5.73 Å². The van der Waals surface area contributed by atoms with Gasteiger partial charge in [0.15, 0.2) is 5.17 Å². The Balaban J connectivity index is 1.75. The Morgan fingerprint density at radius 2 is 2.04 bits per heavy atom. The third-order valence-corrected chi connectivity index (χ3v) is 5.60. The molecule has 0 fully saturated rings. The lowest BCUT2D eigenvalue weighted by molar-refractivity contribution is 0.482. The Hall–Kier alpha value is -1.21. The molecule has 0 aromatic heterocycles. The van der Waals surface area contributed by atoms with Crippen LogP contribution in [-0.4, -0.2) is 10.9 Å². The molecule has 2 aromatic rings. The van der Waals surface area contributed by atoms with Crippen molar-refractivity contribution in [2.45, 2.75) is 25.4 Å². The Labute approximate surface area is 155 Å². The molecule has 0 radical (unpaired) electrons. The molecule has 120 valence electrons. The minimum atomic E-state index is -0.212. The van der Waals surface area contributed by atoms with E-state index in [0.717, 1.165) is 24.4 Å². The molecule has 3 rings (SSSR count). The molecular weight excluding hydrogens is 417 g/mol. The number of benzene rings is 2. The first-order valence-electron chi connectivity index (χ1n) is 7.62. The smallest absolute Gasteiger partial charge is 0.154 e. The van der Waals surface area contributed by atoms with Crippen LogP contribution < -0.4 is 11.1 Å². The summed E-state index contributed by atoms with van der Waals surface area (Å²) >= 11 is 3.96. The maximum Gasteiger partial charge on any atom is 0.154 e. The zero-order chi connectivity index (χ0) is 16.3. The number of hydrogen-bond donors (Lipinski definition) is 2. The molecule has 2 aromatic carbocycles. The normalized spacial score (nSPS) is 20.9. The second kappa shape index (κ2) is 7.13. The topological polar surface area (TPSA) is 50.4 Å².